The van der Waals surface area contributed by atoms with Crippen molar-refractivity contribution in [1.82, 2.24) is 10.2 Å². The summed E-state index contributed by atoms with van der Waals surface area (Å²) in [7, 11) is 4.00. The van der Waals surface area contributed by atoms with Crippen LogP contribution in [-0.2, 0) is 9.59 Å². The lowest BCUT2D eigenvalue weighted by atomic mass is 10.0. The second-order valence-electron chi connectivity index (χ2n) is 8.56. The molecule has 0 aromatic rings. The van der Waals surface area contributed by atoms with Gasteiger partial charge in [-0.15, -0.1) is 0 Å². The Balaban J connectivity index is 4.11. The van der Waals surface area contributed by atoms with Gasteiger partial charge in [0.2, 0.25) is 5.91 Å². The number of amides is 1. The van der Waals surface area contributed by atoms with Crippen LogP contribution in [0.15, 0.2) is 48.6 Å². The lowest BCUT2D eigenvalue weighted by Crippen LogP contribution is -2.41. The molecule has 0 aliphatic carbocycles. The minimum atomic E-state index is 0.0291. The van der Waals surface area contributed by atoms with Gasteiger partial charge in [-0.25, -0.2) is 0 Å². The molecule has 1 amide bonds. The minimum Gasteiger partial charge on any atom is -0.352 e. The van der Waals surface area contributed by atoms with Crippen LogP contribution in [0.1, 0.15) is 90.9 Å². The molecule has 0 saturated heterocycles. The van der Waals surface area contributed by atoms with Gasteiger partial charge in [0.25, 0.3) is 0 Å². The van der Waals surface area contributed by atoms with Crippen molar-refractivity contribution in [3.63, 3.8) is 0 Å². The van der Waals surface area contributed by atoms with Crippen LogP contribution in [0.5, 0.6) is 0 Å². The van der Waals surface area contributed by atoms with Crippen LogP contribution in [0.2, 0.25) is 0 Å². The van der Waals surface area contributed by atoms with Crippen LogP contribution in [0.4, 0.5) is 0 Å². The monoisotopic (exact) mass is 444 g/mol. The summed E-state index contributed by atoms with van der Waals surface area (Å²) in [6.45, 7) is 5.02. The van der Waals surface area contributed by atoms with Gasteiger partial charge in [0, 0.05) is 31.8 Å². The molecule has 0 rings (SSSR count). The summed E-state index contributed by atoms with van der Waals surface area (Å²) in [4.78, 5) is 26.7. The molecular formula is C28H48N2O2. The van der Waals surface area contributed by atoms with Gasteiger partial charge in [-0.1, -0.05) is 62.5 Å². The van der Waals surface area contributed by atoms with Gasteiger partial charge in [0.15, 0.2) is 0 Å². The molecule has 0 aliphatic heterocycles. The summed E-state index contributed by atoms with van der Waals surface area (Å²) in [6.07, 6.45) is 27.4. The lowest BCUT2D eigenvalue weighted by Gasteiger charge is -2.22. The Bertz CT molecular complexity index is 588. The first-order valence-corrected chi connectivity index (χ1v) is 12.5. The SMILES string of the molecule is CC/C=C\C/C=C\CCCC(=O)CCC(CN(C)C)NC(=O)CCC/C=C\C/C=C\CC. The van der Waals surface area contributed by atoms with Gasteiger partial charge >= 0.3 is 0 Å². The molecule has 1 unspecified atom stereocenters. The Hall–Kier alpha value is -1.94. The number of hydrogen-bond acceptors (Lipinski definition) is 3. The molecule has 4 heteroatoms. The number of unbranched alkanes of at least 4 members (excludes halogenated alkanes) is 2. The largest absolute Gasteiger partial charge is 0.352 e. The predicted molar refractivity (Wildman–Crippen MR) is 139 cm³/mol. The second kappa shape index (κ2) is 22.3. The quantitative estimate of drug-likeness (QED) is 0.171. The van der Waals surface area contributed by atoms with Gasteiger partial charge in [0.05, 0.1) is 0 Å². The average molecular weight is 445 g/mol. The highest BCUT2D eigenvalue weighted by molar-refractivity contribution is 5.79. The zero-order valence-electron chi connectivity index (χ0n) is 21.2. The average Bonchev–Trinajstić information content (AvgIpc) is 2.75. The van der Waals surface area contributed by atoms with Gasteiger partial charge in [-0.2, -0.15) is 0 Å². The maximum Gasteiger partial charge on any atom is 0.220 e. The molecule has 0 radical (unpaired) electrons. The van der Waals surface area contributed by atoms with E-state index in [4.69, 9.17) is 0 Å². The number of carbonyl (C=O) groups is 2. The molecule has 0 aliphatic rings. The Kier molecular flexibility index (Phi) is 20.9. The minimum absolute atomic E-state index is 0.0291. The highest BCUT2D eigenvalue weighted by atomic mass is 16.1. The van der Waals surface area contributed by atoms with Crippen molar-refractivity contribution in [1.29, 1.82) is 0 Å². The number of Topliss-reactive ketones (excluding diaryl/α,β-unsaturated/α-hetero) is 1. The molecule has 1 N–H and O–H groups in total. The van der Waals surface area contributed by atoms with E-state index in [0.29, 0.717) is 31.5 Å². The molecule has 0 aromatic heterocycles. The maximum absolute atomic E-state index is 12.3. The van der Waals surface area contributed by atoms with E-state index < -0.39 is 0 Å². The highest BCUT2D eigenvalue weighted by Crippen LogP contribution is 2.07. The van der Waals surface area contributed by atoms with Crippen LogP contribution in [0.3, 0.4) is 0 Å². The number of allylic oxidation sites excluding steroid dienone is 8. The van der Waals surface area contributed by atoms with E-state index in [9.17, 15) is 9.59 Å². The second-order valence-corrected chi connectivity index (χ2v) is 8.56. The maximum atomic E-state index is 12.3. The zero-order valence-corrected chi connectivity index (χ0v) is 21.2. The summed E-state index contributed by atoms with van der Waals surface area (Å²) < 4.78 is 0. The van der Waals surface area contributed by atoms with Crippen LogP contribution >= 0.6 is 0 Å². The van der Waals surface area contributed by atoms with E-state index in [1.165, 1.54) is 0 Å². The van der Waals surface area contributed by atoms with Crippen molar-refractivity contribution in [3.8, 4) is 0 Å². The van der Waals surface area contributed by atoms with E-state index in [1.54, 1.807) is 0 Å². The third-order valence-electron chi connectivity index (χ3n) is 5.01. The van der Waals surface area contributed by atoms with Crippen LogP contribution in [-0.4, -0.2) is 43.3 Å². The molecular weight excluding hydrogens is 396 g/mol. The van der Waals surface area contributed by atoms with Gasteiger partial charge < -0.3 is 10.2 Å². The number of likely N-dealkylation sites (N-methyl/N-ethyl adjacent to an activating group) is 1. The summed E-state index contributed by atoms with van der Waals surface area (Å²) in [5.74, 6) is 0.385. The highest BCUT2D eigenvalue weighted by Gasteiger charge is 2.15. The lowest BCUT2D eigenvalue weighted by molar-refractivity contribution is -0.123. The summed E-state index contributed by atoms with van der Waals surface area (Å²) in [6, 6.07) is 0.0291. The van der Waals surface area contributed by atoms with Gasteiger partial charge in [0.1, 0.15) is 5.78 Å². The smallest absolute Gasteiger partial charge is 0.220 e. The third kappa shape index (κ3) is 21.3. The molecule has 0 saturated carbocycles. The number of nitrogens with zero attached hydrogens (tertiary/aromatic N) is 1. The molecule has 0 fully saturated rings. The number of nitrogens with one attached hydrogen (secondary N) is 1. The van der Waals surface area contributed by atoms with E-state index in [1.807, 2.05) is 14.1 Å². The van der Waals surface area contributed by atoms with Crippen molar-refractivity contribution in [2.75, 3.05) is 20.6 Å². The summed E-state index contributed by atoms with van der Waals surface area (Å²) in [5, 5.41) is 3.14. The fourth-order valence-electron chi connectivity index (χ4n) is 3.32. The summed E-state index contributed by atoms with van der Waals surface area (Å²) >= 11 is 0. The normalized spacial score (nSPS) is 13.3. The molecule has 0 aromatic carbocycles. The fraction of sp³-hybridized carbons (Fsp3) is 0.643. The van der Waals surface area contributed by atoms with Crippen molar-refractivity contribution in [2.45, 2.75) is 96.9 Å². The van der Waals surface area contributed by atoms with E-state index >= 15 is 0 Å². The number of rotatable bonds is 20. The molecule has 1 atom stereocenters. The topological polar surface area (TPSA) is 49.4 Å². The van der Waals surface area contributed by atoms with Crippen LogP contribution in [0.25, 0.3) is 0 Å². The molecule has 182 valence electrons. The first-order chi connectivity index (χ1) is 15.5. The number of carbonyl (C=O) groups excluding carboxylic acids is 2. The predicted octanol–water partition coefficient (Wildman–Crippen LogP) is 6.55. The van der Waals surface area contributed by atoms with Crippen molar-refractivity contribution < 1.29 is 9.59 Å². The number of ketones is 1. The standard InChI is InChI=1S/C28H48N2O2/c1-5-7-9-11-13-15-17-19-21-27(31)24-23-26(25-30(3)4)29-28(32)22-20-18-16-14-12-10-8-6-2/h7-10,13-16,26H,5-6,11-12,17-25H2,1-4H3,(H,29,32)/b9-7-,10-8-,15-13-,16-14-. The fourth-order valence-corrected chi connectivity index (χ4v) is 3.32. The van der Waals surface area contributed by atoms with E-state index in [-0.39, 0.29) is 11.9 Å². The van der Waals surface area contributed by atoms with Crippen LogP contribution in [0, 0.1) is 0 Å². The Labute approximate surface area is 197 Å². The van der Waals surface area contributed by atoms with Crippen molar-refractivity contribution in [3.05, 3.63) is 48.6 Å². The van der Waals surface area contributed by atoms with Crippen molar-refractivity contribution in [2.24, 2.45) is 0 Å². The van der Waals surface area contributed by atoms with Crippen LogP contribution < -0.4 is 5.32 Å². The Morgan fingerprint density at radius 3 is 1.81 bits per heavy atom. The van der Waals surface area contributed by atoms with E-state index in [0.717, 1.165) is 57.9 Å². The molecule has 0 spiro atoms. The molecule has 0 bridgehead atoms. The first-order valence-electron chi connectivity index (χ1n) is 12.5. The Morgan fingerprint density at radius 2 is 1.28 bits per heavy atom. The van der Waals surface area contributed by atoms with Crippen molar-refractivity contribution >= 4 is 11.7 Å². The first kappa shape index (κ1) is 30.1. The molecule has 32 heavy (non-hydrogen) atoms. The summed E-state index contributed by atoms with van der Waals surface area (Å²) in [5.41, 5.74) is 0. The molecule has 4 nitrogen and oxygen atoms in total. The Morgan fingerprint density at radius 1 is 0.750 bits per heavy atom. The van der Waals surface area contributed by atoms with E-state index in [2.05, 4.69) is 72.7 Å². The molecule has 0 heterocycles. The zero-order chi connectivity index (χ0) is 23.9. The third-order valence-corrected chi connectivity index (χ3v) is 5.01. The van der Waals surface area contributed by atoms with Gasteiger partial charge in [-0.3, -0.25) is 9.59 Å². The number of hydrogen-bond donors (Lipinski definition) is 1. The van der Waals surface area contributed by atoms with Gasteiger partial charge in [-0.05, 0) is 71.9 Å².